The Morgan fingerprint density at radius 3 is 2.53 bits per heavy atom. The fourth-order valence-corrected chi connectivity index (χ4v) is 7.77. The topological polar surface area (TPSA) is 176 Å². The van der Waals surface area contributed by atoms with E-state index in [1.165, 1.54) is 11.3 Å². The van der Waals surface area contributed by atoms with E-state index in [4.69, 9.17) is 10.1 Å². The monoisotopic (exact) mass is 701 g/mol. The lowest BCUT2D eigenvalue weighted by Gasteiger charge is -2.31. The van der Waals surface area contributed by atoms with E-state index in [0.717, 1.165) is 27.0 Å². The van der Waals surface area contributed by atoms with E-state index in [0.29, 0.717) is 60.0 Å². The van der Waals surface area contributed by atoms with Crippen molar-refractivity contribution in [3.63, 3.8) is 0 Å². The Bertz CT molecular complexity index is 2140. The Morgan fingerprint density at radius 2 is 1.78 bits per heavy atom. The summed E-state index contributed by atoms with van der Waals surface area (Å²) in [7, 11) is -2.26. The van der Waals surface area contributed by atoms with Gasteiger partial charge in [0.05, 0.1) is 22.2 Å². The summed E-state index contributed by atoms with van der Waals surface area (Å²) in [6.45, 7) is 2.74. The number of fused-ring (bicyclic) bond motifs is 2. The quantitative estimate of drug-likeness (QED) is 0.151. The van der Waals surface area contributed by atoms with Crippen LogP contribution in [0.2, 0.25) is 0 Å². The van der Waals surface area contributed by atoms with Crippen molar-refractivity contribution in [3.05, 3.63) is 88.9 Å². The fourth-order valence-electron chi connectivity index (χ4n) is 5.84. The number of amides is 2. The number of nitrogens with zero attached hydrogens (tertiary/aromatic N) is 5. The van der Waals surface area contributed by atoms with Gasteiger partial charge in [-0.25, -0.2) is 23.1 Å². The smallest absolute Gasteiger partial charge is 0.303 e. The summed E-state index contributed by atoms with van der Waals surface area (Å²) in [5.41, 5.74) is 4.93. The third-order valence-corrected chi connectivity index (χ3v) is 10.8. The number of aromatic nitrogens is 4. The van der Waals surface area contributed by atoms with Gasteiger partial charge in [0.2, 0.25) is 10.0 Å². The number of benzene rings is 2. The molecule has 2 aromatic carbocycles. The number of hydrogen-bond acceptors (Lipinski definition) is 10. The second-order valence-corrected chi connectivity index (χ2v) is 14.7. The minimum absolute atomic E-state index is 0.0484. The molecule has 0 unspecified atom stereocenters. The molecular formula is C34H35N7O6S2. The molecule has 2 amide bonds. The first-order valence-corrected chi connectivity index (χ1v) is 18.3. The van der Waals surface area contributed by atoms with Crippen LogP contribution in [-0.4, -0.2) is 63.4 Å². The number of carbonyl (C=O) groups excluding carboxylic acids is 2. The van der Waals surface area contributed by atoms with Gasteiger partial charge in [0, 0.05) is 48.9 Å². The molecule has 15 heteroatoms. The Kier molecular flexibility index (Phi) is 9.74. The Labute approximate surface area is 287 Å². The van der Waals surface area contributed by atoms with Crippen molar-refractivity contribution >= 4 is 60.3 Å². The highest BCUT2D eigenvalue weighted by Gasteiger charge is 2.27. The maximum Gasteiger partial charge on any atom is 0.303 e. The van der Waals surface area contributed by atoms with Crippen molar-refractivity contribution in [1.82, 2.24) is 24.5 Å². The first kappa shape index (κ1) is 33.7. The molecule has 49 heavy (non-hydrogen) atoms. The third kappa shape index (κ3) is 7.62. The molecule has 3 aromatic heterocycles. The molecule has 0 saturated heterocycles. The van der Waals surface area contributed by atoms with E-state index in [1.54, 1.807) is 36.1 Å². The second-order valence-electron chi connectivity index (χ2n) is 11.8. The van der Waals surface area contributed by atoms with Crippen LogP contribution < -0.4 is 14.9 Å². The van der Waals surface area contributed by atoms with Crippen molar-refractivity contribution in [3.8, 4) is 11.1 Å². The molecular weight excluding hydrogens is 667 g/mol. The summed E-state index contributed by atoms with van der Waals surface area (Å²) in [6, 6.07) is 16.8. The van der Waals surface area contributed by atoms with Crippen LogP contribution in [0, 0.1) is 6.92 Å². The number of aliphatic carboxylic acids is 1. The SMILES string of the molecule is Cc1c(-c2ccc(N3CCc4cccc(C(=O)Nc5nc6ccccc6s5)c4C3)nc2C(=O)NS(=O)(=O)CCCCCC(=O)O)cnn1C. The number of unbranched alkanes of at least 4 members (excludes halogenated alkanes) is 2. The molecule has 0 atom stereocenters. The Morgan fingerprint density at radius 1 is 0.959 bits per heavy atom. The molecule has 5 aromatic rings. The summed E-state index contributed by atoms with van der Waals surface area (Å²) in [4.78, 5) is 49.1. The number of nitrogens with one attached hydrogen (secondary N) is 2. The van der Waals surface area contributed by atoms with E-state index < -0.39 is 21.9 Å². The number of pyridine rings is 1. The van der Waals surface area contributed by atoms with E-state index in [2.05, 4.69) is 20.1 Å². The van der Waals surface area contributed by atoms with Gasteiger partial charge in [-0.05, 0) is 67.6 Å². The molecule has 4 heterocycles. The number of aryl methyl sites for hydroxylation is 1. The highest BCUT2D eigenvalue weighted by molar-refractivity contribution is 7.90. The molecule has 0 saturated carbocycles. The summed E-state index contributed by atoms with van der Waals surface area (Å²) in [5.74, 6) is -1.97. The predicted octanol–water partition coefficient (Wildman–Crippen LogP) is 4.92. The summed E-state index contributed by atoms with van der Waals surface area (Å²) in [5, 5.41) is 16.6. The normalized spacial score (nSPS) is 12.9. The third-order valence-electron chi connectivity index (χ3n) is 8.53. The number of rotatable bonds is 12. The number of carboxylic acids is 1. The number of thiazole rings is 1. The van der Waals surface area contributed by atoms with Gasteiger partial charge in [0.1, 0.15) is 11.5 Å². The van der Waals surface area contributed by atoms with Gasteiger partial charge in [-0.3, -0.25) is 24.4 Å². The standard InChI is InChI=1S/C34H35N7O6S2/c1-21-25(19-35-40(21)2)23-14-15-29(37-31(23)33(45)39-49(46,47)18-7-3-4-13-30(42)43)41-17-16-22-9-8-10-24(26(22)20-41)32(44)38-34-36-27-11-5-6-12-28(27)48-34/h5-6,8-12,14-15,19H,3-4,7,13,16-18,20H2,1-2H3,(H,39,45)(H,42,43)(H,36,38,44). The van der Waals surface area contributed by atoms with Gasteiger partial charge in [-0.2, -0.15) is 5.10 Å². The molecule has 1 aliphatic heterocycles. The van der Waals surface area contributed by atoms with Crippen LogP contribution in [0.5, 0.6) is 0 Å². The van der Waals surface area contributed by atoms with Crippen molar-refractivity contribution in [2.24, 2.45) is 7.05 Å². The maximum absolute atomic E-state index is 13.6. The summed E-state index contributed by atoms with van der Waals surface area (Å²) in [6.07, 6.45) is 3.13. The second kappa shape index (κ2) is 14.1. The molecule has 0 spiro atoms. The van der Waals surface area contributed by atoms with E-state index in [-0.39, 0.29) is 30.2 Å². The average Bonchev–Trinajstić information content (AvgIpc) is 3.64. The van der Waals surface area contributed by atoms with Crippen molar-refractivity contribution in [2.45, 2.75) is 45.6 Å². The van der Waals surface area contributed by atoms with Crippen LogP contribution in [0.1, 0.15) is 63.4 Å². The van der Waals surface area contributed by atoms with Gasteiger partial charge in [-0.1, -0.05) is 42.0 Å². The van der Waals surface area contributed by atoms with Gasteiger partial charge in [-0.15, -0.1) is 0 Å². The largest absolute Gasteiger partial charge is 0.481 e. The number of hydrogen-bond donors (Lipinski definition) is 3. The number of carbonyl (C=O) groups is 3. The number of anilines is 2. The number of sulfonamides is 1. The Hall–Kier alpha value is -5.15. The number of para-hydroxylation sites is 1. The van der Waals surface area contributed by atoms with Crippen LogP contribution in [0.15, 0.2) is 60.8 Å². The van der Waals surface area contributed by atoms with Gasteiger partial charge >= 0.3 is 5.97 Å². The minimum Gasteiger partial charge on any atom is -0.481 e. The molecule has 254 valence electrons. The minimum atomic E-state index is -4.03. The highest BCUT2D eigenvalue weighted by atomic mass is 32.2. The van der Waals surface area contributed by atoms with Crippen LogP contribution in [-0.2, 0) is 34.8 Å². The van der Waals surface area contributed by atoms with Gasteiger partial charge in [0.25, 0.3) is 11.8 Å². The van der Waals surface area contributed by atoms with Crippen molar-refractivity contribution < 1.29 is 27.9 Å². The zero-order chi connectivity index (χ0) is 34.7. The lowest BCUT2D eigenvalue weighted by atomic mass is 9.94. The van der Waals surface area contributed by atoms with Gasteiger partial charge in [0.15, 0.2) is 5.13 Å². The molecule has 0 aliphatic carbocycles. The number of carboxylic acid groups (broad SMARTS) is 1. The lowest BCUT2D eigenvalue weighted by Crippen LogP contribution is -2.35. The molecule has 1 aliphatic rings. The van der Waals surface area contributed by atoms with Crippen LogP contribution in [0.25, 0.3) is 21.3 Å². The van der Waals surface area contributed by atoms with Crippen molar-refractivity contribution in [2.75, 3.05) is 22.5 Å². The highest BCUT2D eigenvalue weighted by Crippen LogP contribution is 2.32. The van der Waals surface area contributed by atoms with Gasteiger partial charge < -0.3 is 10.0 Å². The zero-order valence-corrected chi connectivity index (χ0v) is 28.6. The van der Waals surface area contributed by atoms with Crippen LogP contribution in [0.3, 0.4) is 0 Å². The van der Waals surface area contributed by atoms with Crippen molar-refractivity contribution in [1.29, 1.82) is 0 Å². The maximum atomic E-state index is 13.6. The fraction of sp³-hybridized carbons (Fsp3) is 0.294. The lowest BCUT2D eigenvalue weighted by molar-refractivity contribution is -0.137. The first-order valence-electron chi connectivity index (χ1n) is 15.8. The summed E-state index contributed by atoms with van der Waals surface area (Å²) >= 11 is 1.40. The van der Waals surface area contributed by atoms with Crippen LogP contribution in [0.4, 0.5) is 10.9 Å². The Balaban J connectivity index is 1.26. The predicted molar refractivity (Wildman–Crippen MR) is 187 cm³/mol. The molecule has 3 N–H and O–H groups in total. The average molecular weight is 702 g/mol. The van der Waals surface area contributed by atoms with Crippen LogP contribution >= 0.6 is 11.3 Å². The molecule has 13 nitrogen and oxygen atoms in total. The zero-order valence-electron chi connectivity index (χ0n) is 27.0. The first-order chi connectivity index (χ1) is 23.5. The van der Waals surface area contributed by atoms with E-state index in [1.807, 2.05) is 48.2 Å². The van der Waals surface area contributed by atoms with E-state index in [9.17, 15) is 22.8 Å². The summed E-state index contributed by atoms with van der Waals surface area (Å²) < 4.78 is 30.6. The molecule has 0 fully saturated rings. The molecule has 0 bridgehead atoms. The molecule has 6 rings (SSSR count). The van der Waals surface area contributed by atoms with E-state index >= 15 is 0 Å². The molecule has 0 radical (unpaired) electrons.